The molecule has 4 atom stereocenters. The van der Waals surface area contributed by atoms with Crippen LogP contribution in [0.2, 0.25) is 0 Å². The Bertz CT molecular complexity index is 2080. The molecule has 0 radical (unpaired) electrons. The van der Waals surface area contributed by atoms with Crippen molar-refractivity contribution < 1.29 is 38.5 Å². The zero-order chi connectivity index (χ0) is 38.4. The number of rotatable bonds is 9. The normalized spacial score (nSPS) is 24.7. The van der Waals surface area contributed by atoms with E-state index in [9.17, 15) is 24.3 Å². The number of methoxy groups -OCH3 is 3. The van der Waals surface area contributed by atoms with E-state index in [-0.39, 0.29) is 30.3 Å². The lowest BCUT2D eigenvalue weighted by Gasteiger charge is -2.37. The van der Waals surface area contributed by atoms with Gasteiger partial charge in [-0.1, -0.05) is 31.7 Å². The van der Waals surface area contributed by atoms with Gasteiger partial charge in [-0.05, 0) is 73.1 Å². The van der Waals surface area contributed by atoms with E-state index in [4.69, 9.17) is 29.2 Å². The molecule has 0 spiro atoms. The molecule has 1 aromatic heterocycles. The maximum absolute atomic E-state index is 13.7. The van der Waals surface area contributed by atoms with Crippen molar-refractivity contribution in [2.24, 2.45) is 32.2 Å². The van der Waals surface area contributed by atoms with E-state index < -0.39 is 35.3 Å². The van der Waals surface area contributed by atoms with E-state index >= 15 is 0 Å². The molecular formula is C41H46N4O8. The first-order chi connectivity index (χ1) is 25.3. The SMILES string of the molecule is C=CC1=C2Cc3[nH]c(c(CCC(=O)O)c3C)CC3=NC(C=C4N=C(CC(=N2)C1C)C1=CC=C(C(=O)OC)[C@@H](C(=O)OC)[C@@]41C)C(C)=C3CCC(=O)OC. The number of nitrogens with one attached hydrogen (secondary N) is 1. The number of aromatic nitrogens is 1. The minimum Gasteiger partial charge on any atom is -0.481 e. The monoisotopic (exact) mass is 722 g/mol. The first-order valence-electron chi connectivity index (χ1n) is 17.8. The van der Waals surface area contributed by atoms with Crippen LogP contribution in [-0.2, 0) is 52.7 Å². The Morgan fingerprint density at radius 3 is 2.40 bits per heavy atom. The molecule has 0 saturated carbocycles. The number of esters is 3. The summed E-state index contributed by atoms with van der Waals surface area (Å²) in [5, 5.41) is 9.64. The molecule has 12 nitrogen and oxygen atoms in total. The molecule has 1 aromatic rings. The molecule has 4 aliphatic heterocycles. The van der Waals surface area contributed by atoms with E-state index in [2.05, 4.69) is 18.5 Å². The molecule has 1 aliphatic carbocycles. The molecule has 0 aromatic carbocycles. The van der Waals surface area contributed by atoms with E-state index in [1.54, 1.807) is 6.08 Å². The van der Waals surface area contributed by atoms with Gasteiger partial charge in [0.05, 0.1) is 49.8 Å². The molecule has 278 valence electrons. The van der Waals surface area contributed by atoms with Gasteiger partial charge in [0.1, 0.15) is 5.92 Å². The van der Waals surface area contributed by atoms with Gasteiger partial charge in [-0.3, -0.25) is 29.4 Å². The maximum atomic E-state index is 13.7. The fraction of sp³-hybridized carbons (Fsp3) is 0.439. The van der Waals surface area contributed by atoms with Crippen molar-refractivity contribution in [1.82, 2.24) is 4.98 Å². The number of hydrogen-bond donors (Lipinski definition) is 2. The average Bonchev–Trinajstić information content (AvgIpc) is 3.79. The zero-order valence-corrected chi connectivity index (χ0v) is 31.3. The standard InChI is InChI=1S/C41H46N4O8/c1-9-23-20(2)29-17-34-27-13-10-26(39(49)52-7)38(40(50)53-8)41(27,5)35(45-34)19-30-22(4)25(12-15-37(48)51-6)33(44-30)18-32-24(11-14-36(46)47)21(3)28(43-32)16-31(23)42-29/h9-10,13,19-20,30,38,43H,1,11-12,14-18H2,2-8H3,(H,46,47)/t20?,30?,38-,41+/m0/s1. The molecule has 5 heterocycles. The fourth-order valence-corrected chi connectivity index (χ4v) is 8.48. The third kappa shape index (κ3) is 6.48. The molecule has 5 aliphatic rings. The van der Waals surface area contributed by atoms with Crippen LogP contribution in [-0.4, -0.2) is 78.5 Å². The molecule has 12 heteroatoms. The summed E-state index contributed by atoms with van der Waals surface area (Å²) < 4.78 is 15.4. The number of aliphatic carboxylic acids is 1. The summed E-state index contributed by atoms with van der Waals surface area (Å²) in [5.74, 6) is -3.59. The van der Waals surface area contributed by atoms with Crippen molar-refractivity contribution in [3.63, 3.8) is 0 Å². The highest BCUT2D eigenvalue weighted by atomic mass is 16.5. The Kier molecular flexibility index (Phi) is 10.3. The maximum Gasteiger partial charge on any atom is 0.334 e. The summed E-state index contributed by atoms with van der Waals surface area (Å²) in [6, 6.07) is -0.506. The highest BCUT2D eigenvalue weighted by molar-refractivity contribution is 6.18. The van der Waals surface area contributed by atoms with Crippen LogP contribution < -0.4 is 0 Å². The van der Waals surface area contributed by atoms with Crippen LogP contribution in [0.1, 0.15) is 69.0 Å². The largest absolute Gasteiger partial charge is 0.481 e. The number of carbonyl (C=O) groups excluding carboxylic acids is 3. The van der Waals surface area contributed by atoms with E-state index in [1.165, 1.54) is 21.3 Å². The van der Waals surface area contributed by atoms with Gasteiger partial charge in [0.25, 0.3) is 0 Å². The predicted molar refractivity (Wildman–Crippen MR) is 200 cm³/mol. The first kappa shape index (κ1) is 37.4. The average molecular weight is 723 g/mol. The number of allylic oxidation sites excluding steroid dienone is 7. The molecule has 2 unspecified atom stereocenters. The minimum absolute atomic E-state index is 0.0335. The van der Waals surface area contributed by atoms with Crippen molar-refractivity contribution in [3.8, 4) is 0 Å². The van der Waals surface area contributed by atoms with Gasteiger partial charge in [0.15, 0.2) is 0 Å². The van der Waals surface area contributed by atoms with E-state index in [0.717, 1.165) is 67.6 Å². The van der Waals surface area contributed by atoms with Crippen LogP contribution >= 0.6 is 0 Å². The van der Waals surface area contributed by atoms with Gasteiger partial charge >= 0.3 is 23.9 Å². The predicted octanol–water partition coefficient (Wildman–Crippen LogP) is 5.63. The van der Waals surface area contributed by atoms with Crippen LogP contribution in [0.3, 0.4) is 0 Å². The number of carbonyl (C=O) groups is 4. The Hall–Kier alpha value is -5.39. The molecule has 8 bridgehead atoms. The smallest absolute Gasteiger partial charge is 0.334 e. The van der Waals surface area contributed by atoms with Crippen molar-refractivity contribution in [2.45, 2.75) is 78.7 Å². The quantitative estimate of drug-likeness (QED) is 0.244. The highest BCUT2D eigenvalue weighted by Gasteiger charge is 2.55. The van der Waals surface area contributed by atoms with Gasteiger partial charge in [0, 0.05) is 66.5 Å². The second-order valence-corrected chi connectivity index (χ2v) is 14.3. The number of nitrogens with zero attached hydrogens (tertiary/aromatic N) is 3. The number of carboxylic acids is 1. The number of ether oxygens (including phenoxy) is 3. The van der Waals surface area contributed by atoms with Gasteiger partial charge < -0.3 is 24.3 Å². The molecular weight excluding hydrogens is 676 g/mol. The number of aliphatic imine (C=N–C) groups is 3. The summed E-state index contributed by atoms with van der Waals surface area (Å²) in [7, 11) is 3.93. The minimum atomic E-state index is -1.12. The molecule has 53 heavy (non-hydrogen) atoms. The van der Waals surface area contributed by atoms with Crippen molar-refractivity contribution in [3.05, 3.63) is 92.7 Å². The van der Waals surface area contributed by atoms with E-state index in [0.29, 0.717) is 37.8 Å². The second kappa shape index (κ2) is 14.6. The van der Waals surface area contributed by atoms with Gasteiger partial charge in [-0.2, -0.15) is 0 Å². The second-order valence-electron chi connectivity index (χ2n) is 14.3. The third-order valence-corrected chi connectivity index (χ3v) is 11.5. The van der Waals surface area contributed by atoms with Crippen LogP contribution in [0.4, 0.5) is 0 Å². The van der Waals surface area contributed by atoms with Crippen LogP contribution in [0.15, 0.2) is 85.1 Å². The van der Waals surface area contributed by atoms with Crippen LogP contribution in [0, 0.1) is 24.2 Å². The lowest BCUT2D eigenvalue weighted by atomic mass is 9.63. The number of aromatic amines is 1. The first-order valence-corrected chi connectivity index (χ1v) is 17.8. The molecule has 0 saturated heterocycles. The van der Waals surface area contributed by atoms with Gasteiger partial charge in [-0.25, -0.2) is 4.79 Å². The van der Waals surface area contributed by atoms with Crippen molar-refractivity contribution in [1.29, 1.82) is 0 Å². The lowest BCUT2D eigenvalue weighted by molar-refractivity contribution is -0.150. The summed E-state index contributed by atoms with van der Waals surface area (Å²) in [6.45, 7) is 12.1. The van der Waals surface area contributed by atoms with Gasteiger partial charge in [0.2, 0.25) is 0 Å². The number of H-pyrrole nitrogens is 1. The van der Waals surface area contributed by atoms with E-state index in [1.807, 2.05) is 39.0 Å². The topological polar surface area (TPSA) is 169 Å². The number of fused-ring (bicyclic) bond motifs is 8. The Labute approximate surface area is 308 Å². The van der Waals surface area contributed by atoms with Gasteiger partial charge in [-0.15, -0.1) is 0 Å². The molecule has 2 N–H and O–H groups in total. The fourth-order valence-electron chi connectivity index (χ4n) is 8.48. The lowest BCUT2D eigenvalue weighted by Crippen LogP contribution is -2.41. The molecule has 0 fully saturated rings. The Balaban J connectivity index is 1.59. The highest BCUT2D eigenvalue weighted by Crippen LogP contribution is 2.55. The zero-order valence-electron chi connectivity index (χ0n) is 31.3. The molecule has 0 amide bonds. The summed E-state index contributed by atoms with van der Waals surface area (Å²) in [6.07, 6.45) is 9.32. The van der Waals surface area contributed by atoms with Crippen LogP contribution in [0.25, 0.3) is 0 Å². The summed E-state index contributed by atoms with van der Waals surface area (Å²) >= 11 is 0. The number of carboxylic acid groups (broad SMARTS) is 1. The van der Waals surface area contributed by atoms with Crippen molar-refractivity contribution in [2.75, 3.05) is 21.3 Å². The Morgan fingerprint density at radius 2 is 1.74 bits per heavy atom. The van der Waals surface area contributed by atoms with Crippen molar-refractivity contribution >= 4 is 41.0 Å². The number of hydrogen-bond acceptors (Lipinski definition) is 10. The Morgan fingerprint density at radius 1 is 0.981 bits per heavy atom. The van der Waals surface area contributed by atoms with Crippen LogP contribution in [0.5, 0.6) is 0 Å². The summed E-state index contributed by atoms with van der Waals surface area (Å²) in [5.41, 5.74) is 10.1. The summed E-state index contributed by atoms with van der Waals surface area (Å²) in [4.78, 5) is 70.3. The molecule has 6 rings (SSSR count). The third-order valence-electron chi connectivity index (χ3n) is 11.5.